The lowest BCUT2D eigenvalue weighted by molar-refractivity contribution is 0.0999. The Morgan fingerprint density at radius 2 is 2.33 bits per heavy atom. The van der Waals surface area contributed by atoms with Crippen LogP contribution >= 0.6 is 11.3 Å². The normalized spacial score (nSPS) is 12.7. The van der Waals surface area contributed by atoms with Crippen molar-refractivity contribution in [3.05, 3.63) is 10.0 Å². The second kappa shape index (κ2) is 5.77. The zero-order chi connectivity index (χ0) is 11.3. The predicted molar refractivity (Wildman–Crippen MR) is 59.8 cm³/mol. The highest BCUT2D eigenvalue weighted by molar-refractivity contribution is 7.13. The molecule has 0 aliphatic heterocycles. The maximum atomic E-state index is 10.8. The van der Waals surface area contributed by atoms with Gasteiger partial charge in [-0.2, -0.15) is 0 Å². The average Bonchev–Trinajstić information content (AvgIpc) is 2.66. The molecule has 3 N–H and O–H groups in total. The summed E-state index contributed by atoms with van der Waals surface area (Å²) in [6.07, 6.45) is 2.29. The fraction of sp³-hybridized carbons (Fsp3) is 0.667. The van der Waals surface area contributed by atoms with Gasteiger partial charge >= 0.3 is 0 Å². The molecule has 0 aromatic carbocycles. The number of unbranched alkanes of at least 4 members (excludes halogenated alkanes) is 1. The first-order valence-electron chi connectivity index (χ1n) is 5.01. The van der Waals surface area contributed by atoms with Gasteiger partial charge in [0.15, 0.2) is 0 Å². The Labute approximate surface area is 93.1 Å². The van der Waals surface area contributed by atoms with E-state index in [2.05, 4.69) is 22.4 Å². The lowest BCUT2D eigenvalue weighted by Crippen LogP contribution is -2.19. The molecule has 0 aliphatic carbocycles. The zero-order valence-corrected chi connectivity index (χ0v) is 9.80. The van der Waals surface area contributed by atoms with E-state index in [9.17, 15) is 4.79 Å². The summed E-state index contributed by atoms with van der Waals surface area (Å²) in [5.41, 5.74) is 5.10. The SMILES string of the molecule is CCCCNC(C)c1nnc(C(N)=O)s1. The van der Waals surface area contributed by atoms with Crippen LogP contribution in [0.2, 0.25) is 0 Å². The molecule has 0 saturated carbocycles. The molecule has 1 amide bonds. The highest BCUT2D eigenvalue weighted by atomic mass is 32.1. The molecule has 0 saturated heterocycles. The van der Waals surface area contributed by atoms with Gasteiger partial charge in [-0.15, -0.1) is 10.2 Å². The van der Waals surface area contributed by atoms with Gasteiger partial charge in [0, 0.05) is 0 Å². The number of nitrogens with zero attached hydrogens (tertiary/aromatic N) is 2. The molecule has 5 nitrogen and oxygen atoms in total. The molecule has 1 aromatic heterocycles. The highest BCUT2D eigenvalue weighted by Gasteiger charge is 2.13. The lowest BCUT2D eigenvalue weighted by Gasteiger charge is -2.08. The molecule has 1 heterocycles. The van der Waals surface area contributed by atoms with Gasteiger partial charge in [0.1, 0.15) is 5.01 Å². The van der Waals surface area contributed by atoms with E-state index in [0.29, 0.717) is 0 Å². The molecule has 0 spiro atoms. The minimum atomic E-state index is -0.514. The number of primary amides is 1. The third kappa shape index (κ3) is 3.56. The van der Waals surface area contributed by atoms with Crippen LogP contribution in [0.3, 0.4) is 0 Å². The van der Waals surface area contributed by atoms with E-state index < -0.39 is 5.91 Å². The Hall–Kier alpha value is -1.01. The topological polar surface area (TPSA) is 80.9 Å². The van der Waals surface area contributed by atoms with Crippen molar-refractivity contribution >= 4 is 17.2 Å². The van der Waals surface area contributed by atoms with Gasteiger partial charge in [-0.1, -0.05) is 24.7 Å². The number of hydrogen-bond acceptors (Lipinski definition) is 5. The third-order valence-corrected chi connectivity index (χ3v) is 3.12. The highest BCUT2D eigenvalue weighted by Crippen LogP contribution is 2.17. The smallest absolute Gasteiger partial charge is 0.279 e. The molecule has 1 atom stereocenters. The number of carbonyl (C=O) groups excluding carboxylic acids is 1. The van der Waals surface area contributed by atoms with Crippen LogP contribution in [0.4, 0.5) is 0 Å². The van der Waals surface area contributed by atoms with Crippen molar-refractivity contribution in [1.82, 2.24) is 15.5 Å². The first-order valence-corrected chi connectivity index (χ1v) is 5.83. The summed E-state index contributed by atoms with van der Waals surface area (Å²) in [6, 6.07) is 0.127. The molecule has 15 heavy (non-hydrogen) atoms. The number of amides is 1. The van der Waals surface area contributed by atoms with Gasteiger partial charge in [0.05, 0.1) is 6.04 Å². The van der Waals surface area contributed by atoms with Gasteiger partial charge in [-0.25, -0.2) is 0 Å². The molecule has 0 fully saturated rings. The average molecular weight is 228 g/mol. The largest absolute Gasteiger partial charge is 0.363 e. The molecule has 0 bridgehead atoms. The molecular weight excluding hydrogens is 212 g/mol. The Morgan fingerprint density at radius 3 is 2.87 bits per heavy atom. The van der Waals surface area contributed by atoms with Gasteiger partial charge in [-0.05, 0) is 19.9 Å². The van der Waals surface area contributed by atoms with Crippen molar-refractivity contribution in [2.75, 3.05) is 6.54 Å². The molecular formula is C9H16N4OS. The van der Waals surface area contributed by atoms with E-state index in [4.69, 9.17) is 5.73 Å². The van der Waals surface area contributed by atoms with Gasteiger partial charge < -0.3 is 11.1 Å². The van der Waals surface area contributed by atoms with Crippen molar-refractivity contribution in [2.45, 2.75) is 32.7 Å². The second-order valence-corrected chi connectivity index (χ2v) is 4.35. The van der Waals surface area contributed by atoms with Gasteiger partial charge in [0.2, 0.25) is 5.01 Å². The zero-order valence-electron chi connectivity index (χ0n) is 8.99. The number of hydrogen-bond donors (Lipinski definition) is 2. The monoisotopic (exact) mass is 228 g/mol. The van der Waals surface area contributed by atoms with Crippen LogP contribution < -0.4 is 11.1 Å². The van der Waals surface area contributed by atoms with Gasteiger partial charge in [-0.3, -0.25) is 4.79 Å². The molecule has 1 rings (SSSR count). The Morgan fingerprint density at radius 1 is 1.60 bits per heavy atom. The molecule has 1 aromatic rings. The van der Waals surface area contributed by atoms with Crippen molar-refractivity contribution in [3.63, 3.8) is 0 Å². The molecule has 0 aliphatic rings. The summed E-state index contributed by atoms with van der Waals surface area (Å²) in [7, 11) is 0. The van der Waals surface area contributed by atoms with Crippen LogP contribution in [-0.2, 0) is 0 Å². The van der Waals surface area contributed by atoms with Crippen LogP contribution in [0.1, 0.15) is 47.5 Å². The Balaban J connectivity index is 2.50. The van der Waals surface area contributed by atoms with Crippen LogP contribution in [0.25, 0.3) is 0 Å². The third-order valence-electron chi connectivity index (χ3n) is 2.00. The maximum absolute atomic E-state index is 10.8. The summed E-state index contributed by atoms with van der Waals surface area (Å²) in [5, 5.41) is 12.0. The first kappa shape index (κ1) is 12.1. The fourth-order valence-corrected chi connectivity index (χ4v) is 1.81. The Bertz CT molecular complexity index is 326. The predicted octanol–water partition coefficient (Wildman–Crippen LogP) is 1.09. The summed E-state index contributed by atoms with van der Waals surface area (Å²) in [4.78, 5) is 10.8. The first-order chi connectivity index (χ1) is 7.15. The summed E-state index contributed by atoms with van der Waals surface area (Å²) in [5.74, 6) is -0.514. The minimum Gasteiger partial charge on any atom is -0.363 e. The summed E-state index contributed by atoms with van der Waals surface area (Å²) < 4.78 is 0. The molecule has 1 unspecified atom stereocenters. The quantitative estimate of drug-likeness (QED) is 0.714. The van der Waals surface area contributed by atoms with Crippen LogP contribution in [0.5, 0.6) is 0 Å². The van der Waals surface area contributed by atoms with E-state index >= 15 is 0 Å². The number of aromatic nitrogens is 2. The van der Waals surface area contributed by atoms with Crippen LogP contribution in [0.15, 0.2) is 0 Å². The van der Waals surface area contributed by atoms with Gasteiger partial charge in [0.25, 0.3) is 5.91 Å². The molecule has 84 valence electrons. The number of carbonyl (C=O) groups is 1. The van der Waals surface area contributed by atoms with E-state index in [0.717, 1.165) is 24.4 Å². The standard InChI is InChI=1S/C9H16N4OS/c1-3-4-5-11-6(2)8-12-13-9(15-8)7(10)14/h6,11H,3-5H2,1-2H3,(H2,10,14). The van der Waals surface area contributed by atoms with E-state index in [1.807, 2.05) is 6.92 Å². The van der Waals surface area contributed by atoms with Crippen LogP contribution in [-0.4, -0.2) is 22.6 Å². The van der Waals surface area contributed by atoms with E-state index in [1.54, 1.807) is 0 Å². The summed E-state index contributed by atoms with van der Waals surface area (Å²) >= 11 is 1.25. The van der Waals surface area contributed by atoms with Crippen molar-refractivity contribution in [3.8, 4) is 0 Å². The number of rotatable bonds is 6. The van der Waals surface area contributed by atoms with Crippen molar-refractivity contribution in [1.29, 1.82) is 0 Å². The molecule has 6 heteroatoms. The summed E-state index contributed by atoms with van der Waals surface area (Å²) in [6.45, 7) is 5.09. The Kier molecular flexibility index (Phi) is 4.64. The maximum Gasteiger partial charge on any atom is 0.279 e. The van der Waals surface area contributed by atoms with Crippen molar-refractivity contribution in [2.24, 2.45) is 5.73 Å². The number of nitrogens with one attached hydrogen (secondary N) is 1. The van der Waals surface area contributed by atoms with E-state index in [-0.39, 0.29) is 11.0 Å². The fourth-order valence-electron chi connectivity index (χ4n) is 1.09. The molecule has 0 radical (unpaired) electrons. The van der Waals surface area contributed by atoms with Crippen LogP contribution in [0, 0.1) is 0 Å². The minimum absolute atomic E-state index is 0.127. The lowest BCUT2D eigenvalue weighted by atomic mass is 10.3. The second-order valence-electron chi connectivity index (χ2n) is 3.34. The van der Waals surface area contributed by atoms with Crippen molar-refractivity contribution < 1.29 is 4.79 Å². The van der Waals surface area contributed by atoms with E-state index in [1.165, 1.54) is 11.3 Å². The number of nitrogens with two attached hydrogens (primary N) is 1.